The first-order valence-corrected chi connectivity index (χ1v) is 10.3. The summed E-state index contributed by atoms with van der Waals surface area (Å²) in [7, 11) is 0. The van der Waals surface area contributed by atoms with Gasteiger partial charge in [0, 0.05) is 48.0 Å². The molecule has 0 bridgehead atoms. The number of nitrogens with zero attached hydrogens (tertiary/aromatic N) is 4. The lowest BCUT2D eigenvalue weighted by Crippen LogP contribution is -2.49. The summed E-state index contributed by atoms with van der Waals surface area (Å²) in [5.74, 6) is 1.69. The van der Waals surface area contributed by atoms with Crippen LogP contribution < -0.4 is 10.2 Å². The maximum atomic E-state index is 12.7. The van der Waals surface area contributed by atoms with Crippen molar-refractivity contribution in [3.05, 3.63) is 76.5 Å². The Kier molecular flexibility index (Phi) is 5.76. The molecule has 2 aromatic carbocycles. The molecule has 0 unspecified atom stereocenters. The van der Waals surface area contributed by atoms with Gasteiger partial charge in [0.2, 0.25) is 0 Å². The molecule has 0 saturated carbocycles. The molecule has 4 rings (SSSR count). The van der Waals surface area contributed by atoms with E-state index in [0.29, 0.717) is 18.7 Å². The van der Waals surface area contributed by atoms with Crippen molar-refractivity contribution in [1.82, 2.24) is 14.9 Å². The number of hydrogen-bond donors (Lipinski definition) is 1. The van der Waals surface area contributed by atoms with E-state index in [0.717, 1.165) is 34.9 Å². The number of rotatable bonds is 4. The maximum Gasteiger partial charge on any atom is 0.253 e. The average Bonchev–Trinajstić information content (AvgIpc) is 2.76. The lowest BCUT2D eigenvalue weighted by Gasteiger charge is -2.35. The molecule has 1 fully saturated rings. The van der Waals surface area contributed by atoms with Crippen molar-refractivity contribution in [2.75, 3.05) is 36.4 Å². The fourth-order valence-electron chi connectivity index (χ4n) is 3.29. The van der Waals surface area contributed by atoms with Crippen LogP contribution in [0.15, 0.2) is 65.4 Å². The normalized spacial score (nSPS) is 14.0. The van der Waals surface area contributed by atoms with E-state index in [-0.39, 0.29) is 5.91 Å². The van der Waals surface area contributed by atoms with Crippen LogP contribution in [-0.2, 0) is 0 Å². The minimum Gasteiger partial charge on any atom is -0.353 e. The van der Waals surface area contributed by atoms with Crippen LogP contribution in [0, 0.1) is 6.92 Å². The van der Waals surface area contributed by atoms with Gasteiger partial charge in [0.05, 0.1) is 0 Å². The number of aromatic nitrogens is 2. The summed E-state index contributed by atoms with van der Waals surface area (Å²) in [6, 6.07) is 17.6. The second-order valence-electron chi connectivity index (χ2n) is 7.04. The van der Waals surface area contributed by atoms with Gasteiger partial charge in [-0.1, -0.05) is 33.6 Å². The van der Waals surface area contributed by atoms with Crippen LogP contribution >= 0.6 is 15.9 Å². The Bertz CT molecular complexity index is 983. The van der Waals surface area contributed by atoms with Gasteiger partial charge in [-0.3, -0.25) is 4.79 Å². The molecule has 1 aromatic heterocycles. The summed E-state index contributed by atoms with van der Waals surface area (Å²) in [6.07, 6.45) is 1.57. The third-order valence-corrected chi connectivity index (χ3v) is 5.49. The van der Waals surface area contributed by atoms with Gasteiger partial charge in [0.15, 0.2) is 0 Å². The van der Waals surface area contributed by atoms with Gasteiger partial charge >= 0.3 is 0 Å². The van der Waals surface area contributed by atoms with Gasteiger partial charge in [0.1, 0.15) is 18.0 Å². The Hall–Kier alpha value is -2.93. The third kappa shape index (κ3) is 4.74. The van der Waals surface area contributed by atoms with Crippen molar-refractivity contribution < 1.29 is 4.79 Å². The molecule has 1 amide bonds. The molecule has 6 nitrogen and oxygen atoms in total. The lowest BCUT2D eigenvalue weighted by molar-refractivity contribution is 0.0746. The smallest absolute Gasteiger partial charge is 0.253 e. The molecule has 29 heavy (non-hydrogen) atoms. The SMILES string of the molecule is Cc1ccc(Nc2cc(N3CCN(C(=O)c4ccc(Br)cc4)CC3)ncn2)cc1. The molecule has 0 atom stereocenters. The predicted octanol–water partition coefficient (Wildman–Crippen LogP) is 4.25. The fraction of sp³-hybridized carbons (Fsp3) is 0.227. The highest BCUT2D eigenvalue weighted by atomic mass is 79.9. The van der Waals surface area contributed by atoms with Gasteiger partial charge < -0.3 is 15.1 Å². The van der Waals surface area contributed by atoms with Crippen LogP contribution in [0.25, 0.3) is 0 Å². The van der Waals surface area contributed by atoms with E-state index in [1.165, 1.54) is 5.56 Å². The molecule has 1 aliphatic heterocycles. The van der Waals surface area contributed by atoms with Gasteiger partial charge in [-0.25, -0.2) is 9.97 Å². The van der Waals surface area contributed by atoms with Crippen LogP contribution in [0.2, 0.25) is 0 Å². The quantitative estimate of drug-likeness (QED) is 0.642. The first kappa shape index (κ1) is 19.4. The molecule has 0 aliphatic carbocycles. The number of carbonyl (C=O) groups is 1. The van der Waals surface area contributed by atoms with Crippen molar-refractivity contribution >= 4 is 39.2 Å². The summed E-state index contributed by atoms with van der Waals surface area (Å²) in [4.78, 5) is 25.5. The van der Waals surface area contributed by atoms with E-state index < -0.39 is 0 Å². The van der Waals surface area contributed by atoms with Crippen molar-refractivity contribution in [1.29, 1.82) is 0 Å². The number of carbonyl (C=O) groups excluding carboxylic acids is 1. The summed E-state index contributed by atoms with van der Waals surface area (Å²) >= 11 is 3.41. The topological polar surface area (TPSA) is 61.4 Å². The Labute approximate surface area is 178 Å². The Morgan fingerprint density at radius 1 is 0.966 bits per heavy atom. The van der Waals surface area contributed by atoms with E-state index in [2.05, 4.69) is 55.2 Å². The summed E-state index contributed by atoms with van der Waals surface area (Å²) in [6.45, 7) is 4.87. The second-order valence-corrected chi connectivity index (χ2v) is 7.95. The molecule has 1 saturated heterocycles. The van der Waals surface area contributed by atoms with Gasteiger partial charge in [0.25, 0.3) is 5.91 Å². The number of aryl methyl sites for hydroxylation is 1. The van der Waals surface area contributed by atoms with Gasteiger partial charge in [-0.15, -0.1) is 0 Å². The Morgan fingerprint density at radius 2 is 1.66 bits per heavy atom. The molecule has 0 spiro atoms. The van der Waals surface area contributed by atoms with E-state index in [1.54, 1.807) is 6.33 Å². The van der Waals surface area contributed by atoms with Crippen LogP contribution in [0.5, 0.6) is 0 Å². The molecular weight excluding hydrogens is 430 g/mol. The maximum absolute atomic E-state index is 12.7. The van der Waals surface area contributed by atoms with E-state index in [1.807, 2.05) is 47.4 Å². The average molecular weight is 452 g/mol. The molecule has 0 radical (unpaired) electrons. The van der Waals surface area contributed by atoms with Crippen molar-refractivity contribution in [3.63, 3.8) is 0 Å². The van der Waals surface area contributed by atoms with Gasteiger partial charge in [-0.05, 0) is 43.3 Å². The van der Waals surface area contributed by atoms with Crippen LogP contribution in [0.4, 0.5) is 17.3 Å². The van der Waals surface area contributed by atoms with Crippen molar-refractivity contribution in [2.24, 2.45) is 0 Å². The molecule has 148 valence electrons. The van der Waals surface area contributed by atoms with Crippen LogP contribution in [-0.4, -0.2) is 47.0 Å². The molecule has 7 heteroatoms. The number of nitrogens with one attached hydrogen (secondary N) is 1. The molecule has 3 aromatic rings. The predicted molar refractivity (Wildman–Crippen MR) is 119 cm³/mol. The van der Waals surface area contributed by atoms with Gasteiger partial charge in [-0.2, -0.15) is 0 Å². The lowest BCUT2D eigenvalue weighted by atomic mass is 10.2. The number of halogens is 1. The number of amides is 1. The summed E-state index contributed by atoms with van der Waals surface area (Å²) < 4.78 is 0.970. The number of hydrogen-bond acceptors (Lipinski definition) is 5. The second kappa shape index (κ2) is 8.61. The summed E-state index contributed by atoms with van der Waals surface area (Å²) in [5, 5.41) is 3.32. The molecule has 1 N–H and O–H groups in total. The fourth-order valence-corrected chi connectivity index (χ4v) is 3.55. The van der Waals surface area contributed by atoms with Crippen molar-refractivity contribution in [3.8, 4) is 0 Å². The monoisotopic (exact) mass is 451 g/mol. The highest BCUT2D eigenvalue weighted by Gasteiger charge is 2.23. The highest BCUT2D eigenvalue weighted by molar-refractivity contribution is 9.10. The first-order chi connectivity index (χ1) is 14.1. The zero-order valence-electron chi connectivity index (χ0n) is 16.2. The number of benzene rings is 2. The largest absolute Gasteiger partial charge is 0.353 e. The third-order valence-electron chi connectivity index (χ3n) is 4.96. The molecular formula is C22H22BrN5O. The van der Waals surface area contributed by atoms with E-state index >= 15 is 0 Å². The first-order valence-electron chi connectivity index (χ1n) is 9.54. The zero-order valence-corrected chi connectivity index (χ0v) is 17.8. The van der Waals surface area contributed by atoms with E-state index in [9.17, 15) is 4.79 Å². The highest BCUT2D eigenvalue weighted by Crippen LogP contribution is 2.21. The number of piperazine rings is 1. The minimum absolute atomic E-state index is 0.0709. The van der Waals surface area contributed by atoms with Crippen LogP contribution in [0.3, 0.4) is 0 Å². The Balaban J connectivity index is 1.39. The van der Waals surface area contributed by atoms with E-state index in [4.69, 9.17) is 0 Å². The summed E-state index contributed by atoms with van der Waals surface area (Å²) in [5.41, 5.74) is 2.92. The zero-order chi connectivity index (χ0) is 20.2. The molecule has 2 heterocycles. The number of anilines is 3. The van der Waals surface area contributed by atoms with Crippen LogP contribution in [0.1, 0.15) is 15.9 Å². The standard InChI is InChI=1S/C22H22BrN5O/c1-16-2-8-19(9-3-16)26-20-14-21(25-15-24-20)27-10-12-28(13-11-27)22(29)17-4-6-18(23)7-5-17/h2-9,14-15H,10-13H2,1H3,(H,24,25,26). The Morgan fingerprint density at radius 3 is 2.34 bits per heavy atom. The molecule has 1 aliphatic rings. The minimum atomic E-state index is 0.0709. The van der Waals surface area contributed by atoms with Crippen molar-refractivity contribution in [2.45, 2.75) is 6.92 Å².